The molecule has 1 saturated carbocycles. The van der Waals surface area contributed by atoms with Crippen molar-refractivity contribution in [3.63, 3.8) is 0 Å². The van der Waals surface area contributed by atoms with E-state index in [-0.39, 0.29) is 0 Å². The average molecular weight is 432 g/mol. The summed E-state index contributed by atoms with van der Waals surface area (Å²) in [4.78, 5) is 0. The van der Waals surface area contributed by atoms with Crippen LogP contribution in [0.25, 0.3) is 11.3 Å². The molecule has 0 radical (unpaired) electrons. The first-order chi connectivity index (χ1) is 11.6. The molecule has 3 rings (SSSR count). The van der Waals surface area contributed by atoms with E-state index in [1.807, 2.05) is 11.7 Å². The summed E-state index contributed by atoms with van der Waals surface area (Å²) >= 11 is 11.6. The van der Waals surface area contributed by atoms with E-state index in [0.717, 1.165) is 37.4 Å². The molecule has 132 valence electrons. The molecule has 0 saturated heterocycles. The highest BCUT2D eigenvalue weighted by atomic mass is 79.9. The maximum Gasteiger partial charge on any atom is 0.104 e. The Morgan fingerprint density at radius 1 is 1.46 bits per heavy atom. The SMILES string of the molecule is Cn1ncc(Br)c1-c1cc(N[C@H](CN)CC2CCCCC2)sc1Cl. The Labute approximate surface area is 160 Å². The number of nitrogens with one attached hydrogen (secondary N) is 1. The van der Waals surface area contributed by atoms with E-state index in [9.17, 15) is 0 Å². The number of aryl methyl sites for hydroxylation is 1. The molecule has 2 aromatic heterocycles. The quantitative estimate of drug-likeness (QED) is 0.654. The second-order valence-corrected chi connectivity index (χ2v) is 9.09. The van der Waals surface area contributed by atoms with Gasteiger partial charge < -0.3 is 11.1 Å². The minimum Gasteiger partial charge on any atom is -0.373 e. The first-order valence-electron chi connectivity index (χ1n) is 8.52. The van der Waals surface area contributed by atoms with Crippen LogP contribution in [0.2, 0.25) is 4.34 Å². The summed E-state index contributed by atoms with van der Waals surface area (Å²) in [5.74, 6) is 0.806. The maximum absolute atomic E-state index is 6.48. The van der Waals surface area contributed by atoms with Crippen molar-refractivity contribution in [2.75, 3.05) is 11.9 Å². The fourth-order valence-corrected chi connectivity index (χ4v) is 5.37. The highest BCUT2D eigenvalue weighted by Crippen LogP contribution is 2.41. The number of hydrogen-bond donors (Lipinski definition) is 2. The van der Waals surface area contributed by atoms with Crippen LogP contribution in [0.5, 0.6) is 0 Å². The molecule has 1 fully saturated rings. The smallest absolute Gasteiger partial charge is 0.104 e. The Hall–Kier alpha value is -0.560. The molecule has 0 amide bonds. The summed E-state index contributed by atoms with van der Waals surface area (Å²) in [5, 5.41) is 8.95. The average Bonchev–Trinajstić information content (AvgIpc) is 3.09. The normalized spacial score (nSPS) is 17.2. The van der Waals surface area contributed by atoms with Gasteiger partial charge in [-0.3, -0.25) is 4.68 Å². The number of nitrogens with zero attached hydrogens (tertiary/aromatic N) is 2. The van der Waals surface area contributed by atoms with Crippen LogP contribution in [-0.2, 0) is 7.05 Å². The van der Waals surface area contributed by atoms with Crippen molar-refractivity contribution in [1.82, 2.24) is 9.78 Å². The topological polar surface area (TPSA) is 55.9 Å². The third-order valence-electron chi connectivity index (χ3n) is 4.81. The van der Waals surface area contributed by atoms with E-state index >= 15 is 0 Å². The van der Waals surface area contributed by atoms with E-state index in [1.165, 1.54) is 32.1 Å². The summed E-state index contributed by atoms with van der Waals surface area (Å²) in [7, 11) is 1.92. The lowest BCUT2D eigenvalue weighted by Crippen LogP contribution is -2.31. The van der Waals surface area contributed by atoms with Crippen molar-refractivity contribution in [3.8, 4) is 11.3 Å². The van der Waals surface area contributed by atoms with Gasteiger partial charge >= 0.3 is 0 Å². The molecule has 0 aliphatic heterocycles. The van der Waals surface area contributed by atoms with Gasteiger partial charge in [-0.25, -0.2) is 0 Å². The van der Waals surface area contributed by atoms with Crippen LogP contribution in [0.1, 0.15) is 38.5 Å². The molecule has 7 heteroatoms. The van der Waals surface area contributed by atoms with Crippen molar-refractivity contribution in [2.24, 2.45) is 18.7 Å². The molecule has 2 heterocycles. The van der Waals surface area contributed by atoms with Gasteiger partial charge in [0.2, 0.25) is 0 Å². The highest BCUT2D eigenvalue weighted by molar-refractivity contribution is 9.10. The van der Waals surface area contributed by atoms with Gasteiger partial charge in [-0.15, -0.1) is 11.3 Å². The number of hydrogen-bond acceptors (Lipinski definition) is 4. The molecule has 1 aliphatic rings. The van der Waals surface area contributed by atoms with Gasteiger partial charge in [0.15, 0.2) is 0 Å². The van der Waals surface area contributed by atoms with Crippen LogP contribution in [0.3, 0.4) is 0 Å². The fourth-order valence-electron chi connectivity index (χ4n) is 3.56. The monoisotopic (exact) mass is 430 g/mol. The number of anilines is 1. The number of rotatable bonds is 6. The van der Waals surface area contributed by atoms with Gasteiger partial charge in [0.25, 0.3) is 0 Å². The molecular weight excluding hydrogens is 408 g/mol. The first-order valence-corrected chi connectivity index (χ1v) is 10.5. The van der Waals surface area contributed by atoms with Crippen molar-refractivity contribution >= 4 is 43.9 Å². The van der Waals surface area contributed by atoms with Gasteiger partial charge in [0, 0.05) is 25.2 Å². The second kappa shape index (κ2) is 8.21. The summed E-state index contributed by atoms with van der Waals surface area (Å²) in [5.41, 5.74) is 8.02. The Bertz CT molecular complexity index is 659. The van der Waals surface area contributed by atoms with Crippen molar-refractivity contribution in [1.29, 1.82) is 0 Å². The van der Waals surface area contributed by atoms with Crippen LogP contribution in [0.4, 0.5) is 5.00 Å². The van der Waals surface area contributed by atoms with E-state index in [4.69, 9.17) is 17.3 Å². The van der Waals surface area contributed by atoms with Gasteiger partial charge in [0.05, 0.1) is 21.4 Å². The Balaban J connectivity index is 1.71. The van der Waals surface area contributed by atoms with Crippen LogP contribution in [0, 0.1) is 5.92 Å². The third-order valence-corrected chi connectivity index (χ3v) is 6.68. The Kier molecular flexibility index (Phi) is 6.24. The van der Waals surface area contributed by atoms with Crippen LogP contribution >= 0.6 is 38.9 Å². The van der Waals surface area contributed by atoms with Crippen LogP contribution < -0.4 is 11.1 Å². The Morgan fingerprint density at radius 3 is 2.83 bits per heavy atom. The lowest BCUT2D eigenvalue weighted by atomic mass is 9.85. The minimum absolute atomic E-state index is 0.311. The number of aromatic nitrogens is 2. The zero-order valence-electron chi connectivity index (χ0n) is 13.9. The predicted molar refractivity (Wildman–Crippen MR) is 107 cm³/mol. The minimum atomic E-state index is 0.311. The highest BCUT2D eigenvalue weighted by Gasteiger charge is 2.20. The van der Waals surface area contributed by atoms with Gasteiger partial charge in [-0.05, 0) is 34.3 Å². The molecule has 3 N–H and O–H groups in total. The van der Waals surface area contributed by atoms with E-state index in [1.54, 1.807) is 17.5 Å². The van der Waals surface area contributed by atoms with E-state index < -0.39 is 0 Å². The summed E-state index contributed by atoms with van der Waals surface area (Å²) < 4.78 is 3.56. The second-order valence-electron chi connectivity index (χ2n) is 6.58. The van der Waals surface area contributed by atoms with Gasteiger partial charge in [-0.1, -0.05) is 43.7 Å². The number of nitrogens with two attached hydrogens (primary N) is 1. The van der Waals surface area contributed by atoms with E-state index in [2.05, 4.69) is 32.4 Å². The molecule has 1 aliphatic carbocycles. The Morgan fingerprint density at radius 2 is 2.21 bits per heavy atom. The zero-order valence-corrected chi connectivity index (χ0v) is 17.1. The molecule has 0 unspecified atom stereocenters. The van der Waals surface area contributed by atoms with Crippen molar-refractivity contribution in [3.05, 3.63) is 21.1 Å². The van der Waals surface area contributed by atoms with Crippen molar-refractivity contribution in [2.45, 2.75) is 44.6 Å². The zero-order chi connectivity index (χ0) is 17.1. The maximum atomic E-state index is 6.48. The fraction of sp³-hybridized carbons (Fsp3) is 0.588. The number of halogens is 2. The standard InChI is InChI=1S/C17H24BrClN4S/c1-23-16(14(18)10-21-23)13-8-15(24-17(13)19)22-12(9-20)7-11-5-3-2-4-6-11/h8,10-12,22H,2-7,9,20H2,1H3/t12-/m0/s1. The molecule has 0 aromatic carbocycles. The van der Waals surface area contributed by atoms with Crippen LogP contribution in [0.15, 0.2) is 16.7 Å². The van der Waals surface area contributed by atoms with Gasteiger partial charge in [0.1, 0.15) is 4.34 Å². The molecule has 24 heavy (non-hydrogen) atoms. The molecule has 0 bridgehead atoms. The number of thiophene rings is 1. The molecule has 4 nitrogen and oxygen atoms in total. The molecular formula is C17H24BrClN4S. The lowest BCUT2D eigenvalue weighted by molar-refractivity contribution is 0.325. The summed E-state index contributed by atoms with van der Waals surface area (Å²) in [6, 6.07) is 2.42. The summed E-state index contributed by atoms with van der Waals surface area (Å²) in [6.07, 6.45) is 9.75. The van der Waals surface area contributed by atoms with Crippen LogP contribution in [-0.4, -0.2) is 22.4 Å². The molecule has 2 aromatic rings. The first kappa shape index (κ1) is 18.2. The predicted octanol–water partition coefficient (Wildman–Crippen LogP) is 5.27. The largest absolute Gasteiger partial charge is 0.373 e. The van der Waals surface area contributed by atoms with Gasteiger partial charge in [-0.2, -0.15) is 5.10 Å². The molecule has 1 atom stereocenters. The summed E-state index contributed by atoms with van der Waals surface area (Å²) in [6.45, 7) is 0.650. The van der Waals surface area contributed by atoms with Crippen molar-refractivity contribution < 1.29 is 0 Å². The van der Waals surface area contributed by atoms with E-state index in [0.29, 0.717) is 12.6 Å². The third kappa shape index (κ3) is 4.15. The lowest BCUT2D eigenvalue weighted by Gasteiger charge is -2.26. The molecule has 0 spiro atoms.